The third-order valence-electron chi connectivity index (χ3n) is 2.31. The number of phenols is 1. The van der Waals surface area contributed by atoms with Crippen LogP contribution in [-0.4, -0.2) is 30.0 Å². The van der Waals surface area contributed by atoms with Crippen LogP contribution in [0.25, 0.3) is 0 Å². The Hall–Kier alpha value is -2.04. The maximum atomic E-state index is 11.2. The lowest BCUT2D eigenvalue weighted by Crippen LogP contribution is -2.22. The number of carbonyl (C=O) groups is 1. The fraction of sp³-hybridized carbons (Fsp3) is 0.273. The Balaban J connectivity index is 2.12. The van der Waals surface area contributed by atoms with E-state index in [1.807, 2.05) is 0 Å². The molecule has 1 atom stereocenters. The molecule has 16 heavy (non-hydrogen) atoms. The van der Waals surface area contributed by atoms with Crippen LogP contribution in [0.4, 0.5) is 0 Å². The van der Waals surface area contributed by atoms with Gasteiger partial charge in [-0.15, -0.1) is 0 Å². The number of oxime groups is 1. The van der Waals surface area contributed by atoms with Crippen molar-refractivity contribution in [2.75, 3.05) is 7.11 Å². The van der Waals surface area contributed by atoms with Crippen molar-refractivity contribution in [3.8, 4) is 5.75 Å². The normalized spacial score (nSPS) is 18.8. The number of nitrogens with zero attached hydrogens (tertiary/aromatic N) is 1. The molecule has 1 aliphatic heterocycles. The monoisotopic (exact) mass is 221 g/mol. The number of methoxy groups -OCH3 is 1. The van der Waals surface area contributed by atoms with Gasteiger partial charge in [-0.25, -0.2) is 4.79 Å². The molecule has 1 unspecified atom stereocenters. The van der Waals surface area contributed by atoms with Gasteiger partial charge in [0.05, 0.1) is 12.8 Å². The van der Waals surface area contributed by atoms with E-state index < -0.39 is 12.1 Å². The molecule has 0 aliphatic carbocycles. The van der Waals surface area contributed by atoms with Gasteiger partial charge in [-0.3, -0.25) is 0 Å². The zero-order chi connectivity index (χ0) is 11.5. The molecule has 84 valence electrons. The van der Waals surface area contributed by atoms with E-state index in [0.29, 0.717) is 12.1 Å². The first kappa shape index (κ1) is 10.5. The number of hydrogen-bond donors (Lipinski definition) is 1. The molecule has 0 radical (unpaired) electrons. The van der Waals surface area contributed by atoms with Gasteiger partial charge in [0, 0.05) is 12.0 Å². The Kier molecular flexibility index (Phi) is 2.76. The van der Waals surface area contributed by atoms with E-state index in [0.717, 1.165) is 5.56 Å². The maximum Gasteiger partial charge on any atom is 0.350 e. The predicted molar refractivity (Wildman–Crippen MR) is 56.1 cm³/mol. The summed E-state index contributed by atoms with van der Waals surface area (Å²) in [5.74, 6) is -0.291. The van der Waals surface area contributed by atoms with Gasteiger partial charge in [-0.05, 0) is 12.1 Å². The summed E-state index contributed by atoms with van der Waals surface area (Å²) in [6, 6.07) is 6.64. The van der Waals surface area contributed by atoms with E-state index in [1.54, 1.807) is 24.3 Å². The molecule has 5 nitrogen and oxygen atoms in total. The molecule has 1 aromatic rings. The first-order valence-corrected chi connectivity index (χ1v) is 4.80. The van der Waals surface area contributed by atoms with Gasteiger partial charge in [-0.2, -0.15) is 0 Å². The average Bonchev–Trinajstić information content (AvgIpc) is 2.77. The van der Waals surface area contributed by atoms with Gasteiger partial charge < -0.3 is 14.7 Å². The zero-order valence-electron chi connectivity index (χ0n) is 8.71. The van der Waals surface area contributed by atoms with Crippen molar-refractivity contribution >= 4 is 11.7 Å². The first-order valence-electron chi connectivity index (χ1n) is 4.80. The SMILES string of the molecule is COC(=O)C1CC(c2cccc(O)c2)=NO1. The molecule has 0 spiro atoms. The lowest BCUT2D eigenvalue weighted by molar-refractivity contribution is -0.152. The molecule has 2 rings (SSSR count). The van der Waals surface area contributed by atoms with E-state index in [1.165, 1.54) is 7.11 Å². The second-order valence-electron chi connectivity index (χ2n) is 3.41. The number of carbonyl (C=O) groups excluding carboxylic acids is 1. The second-order valence-corrected chi connectivity index (χ2v) is 3.41. The molecule has 0 amide bonds. The fourth-order valence-corrected chi connectivity index (χ4v) is 1.49. The summed E-state index contributed by atoms with van der Waals surface area (Å²) in [4.78, 5) is 16.1. The smallest absolute Gasteiger partial charge is 0.350 e. The highest BCUT2D eigenvalue weighted by molar-refractivity contribution is 6.03. The summed E-state index contributed by atoms with van der Waals surface area (Å²) in [5.41, 5.74) is 1.37. The van der Waals surface area contributed by atoms with Crippen LogP contribution in [-0.2, 0) is 14.4 Å². The zero-order valence-corrected chi connectivity index (χ0v) is 8.71. The molecule has 0 saturated carbocycles. The number of hydrogen-bond acceptors (Lipinski definition) is 5. The van der Waals surface area contributed by atoms with Crippen molar-refractivity contribution in [2.45, 2.75) is 12.5 Å². The highest BCUT2D eigenvalue weighted by Crippen LogP contribution is 2.20. The molecule has 1 aliphatic rings. The molecular formula is C11H11NO4. The lowest BCUT2D eigenvalue weighted by atomic mass is 10.0. The largest absolute Gasteiger partial charge is 0.508 e. The second kappa shape index (κ2) is 4.22. The van der Waals surface area contributed by atoms with Crippen molar-refractivity contribution in [3.63, 3.8) is 0 Å². The van der Waals surface area contributed by atoms with Crippen LogP contribution in [0.5, 0.6) is 5.75 Å². The molecule has 1 aromatic carbocycles. The standard InChI is InChI=1S/C11H11NO4/c1-15-11(14)10-6-9(12-16-10)7-3-2-4-8(13)5-7/h2-5,10,13H,6H2,1H3. The van der Waals surface area contributed by atoms with Crippen LogP contribution in [0.3, 0.4) is 0 Å². The van der Waals surface area contributed by atoms with Gasteiger partial charge in [0.25, 0.3) is 0 Å². The lowest BCUT2D eigenvalue weighted by Gasteiger charge is -2.04. The minimum absolute atomic E-state index is 0.154. The predicted octanol–water partition coefficient (Wildman–Crippen LogP) is 1.06. The van der Waals surface area contributed by atoms with Crippen LogP contribution in [0, 0.1) is 0 Å². The number of esters is 1. The number of ether oxygens (including phenoxy) is 1. The Morgan fingerprint density at radius 1 is 1.62 bits per heavy atom. The van der Waals surface area contributed by atoms with Crippen LogP contribution in [0.1, 0.15) is 12.0 Å². The third kappa shape index (κ3) is 1.98. The Bertz CT molecular complexity index is 441. The van der Waals surface area contributed by atoms with Crippen molar-refractivity contribution in [3.05, 3.63) is 29.8 Å². The van der Waals surface area contributed by atoms with Crippen molar-refractivity contribution < 1.29 is 19.5 Å². The topological polar surface area (TPSA) is 68.1 Å². The van der Waals surface area contributed by atoms with Crippen LogP contribution in [0.15, 0.2) is 29.4 Å². The maximum absolute atomic E-state index is 11.2. The number of rotatable bonds is 2. The average molecular weight is 221 g/mol. The Labute approximate surface area is 92.3 Å². The van der Waals surface area contributed by atoms with Gasteiger partial charge in [0.15, 0.2) is 0 Å². The Morgan fingerprint density at radius 2 is 2.44 bits per heavy atom. The fourth-order valence-electron chi connectivity index (χ4n) is 1.49. The third-order valence-corrected chi connectivity index (χ3v) is 2.31. The van der Waals surface area contributed by atoms with E-state index in [-0.39, 0.29) is 5.75 Å². The summed E-state index contributed by atoms with van der Waals surface area (Å²) in [5, 5.41) is 13.1. The molecule has 0 bridgehead atoms. The summed E-state index contributed by atoms with van der Waals surface area (Å²) in [6.45, 7) is 0. The molecule has 0 saturated heterocycles. The minimum atomic E-state index is -0.678. The van der Waals surface area contributed by atoms with Crippen LogP contribution < -0.4 is 0 Å². The summed E-state index contributed by atoms with van der Waals surface area (Å²) in [6.07, 6.45) is -0.321. The van der Waals surface area contributed by atoms with Crippen molar-refractivity contribution in [1.82, 2.24) is 0 Å². The van der Waals surface area contributed by atoms with Gasteiger partial charge in [-0.1, -0.05) is 17.3 Å². The van der Waals surface area contributed by atoms with E-state index in [4.69, 9.17) is 4.84 Å². The van der Waals surface area contributed by atoms with E-state index >= 15 is 0 Å². The molecule has 1 N–H and O–H groups in total. The van der Waals surface area contributed by atoms with E-state index in [2.05, 4.69) is 9.89 Å². The van der Waals surface area contributed by atoms with Gasteiger partial charge >= 0.3 is 5.97 Å². The molecule has 0 fully saturated rings. The summed E-state index contributed by atoms with van der Waals surface area (Å²) >= 11 is 0. The quantitative estimate of drug-likeness (QED) is 0.758. The summed E-state index contributed by atoms with van der Waals surface area (Å²) < 4.78 is 4.56. The molecule has 1 heterocycles. The molecule has 5 heteroatoms. The highest BCUT2D eigenvalue weighted by atomic mass is 16.7. The van der Waals surface area contributed by atoms with Crippen molar-refractivity contribution in [2.24, 2.45) is 5.16 Å². The first-order chi connectivity index (χ1) is 7.70. The van der Waals surface area contributed by atoms with Crippen LogP contribution >= 0.6 is 0 Å². The number of phenolic OH excluding ortho intramolecular Hbond substituents is 1. The van der Waals surface area contributed by atoms with Gasteiger partial charge in [0.1, 0.15) is 5.75 Å². The number of aromatic hydroxyl groups is 1. The van der Waals surface area contributed by atoms with Gasteiger partial charge in [0.2, 0.25) is 6.10 Å². The minimum Gasteiger partial charge on any atom is -0.508 e. The van der Waals surface area contributed by atoms with E-state index in [9.17, 15) is 9.90 Å². The number of benzene rings is 1. The molecule has 0 aromatic heterocycles. The van der Waals surface area contributed by atoms with Crippen molar-refractivity contribution in [1.29, 1.82) is 0 Å². The Morgan fingerprint density at radius 3 is 3.12 bits per heavy atom. The highest BCUT2D eigenvalue weighted by Gasteiger charge is 2.29. The van der Waals surface area contributed by atoms with Crippen LogP contribution in [0.2, 0.25) is 0 Å². The summed E-state index contributed by atoms with van der Waals surface area (Å²) in [7, 11) is 1.30. The molecular weight excluding hydrogens is 210 g/mol.